The maximum atomic E-state index is 14.9. The van der Waals surface area contributed by atoms with Gasteiger partial charge >= 0.3 is 0 Å². The predicted molar refractivity (Wildman–Crippen MR) is 125 cm³/mol. The van der Waals surface area contributed by atoms with Crippen LogP contribution in [0.3, 0.4) is 0 Å². The van der Waals surface area contributed by atoms with E-state index >= 15 is 0 Å². The number of aromatic nitrogens is 6. The summed E-state index contributed by atoms with van der Waals surface area (Å²) in [7, 11) is 3.85. The molecule has 0 bridgehead atoms. The van der Waals surface area contributed by atoms with Gasteiger partial charge in [0.25, 0.3) is 0 Å². The number of imidazole rings is 1. The van der Waals surface area contributed by atoms with Crippen molar-refractivity contribution in [2.24, 2.45) is 5.73 Å². The van der Waals surface area contributed by atoms with Crippen LogP contribution < -0.4 is 5.73 Å². The summed E-state index contributed by atoms with van der Waals surface area (Å²) in [6.45, 7) is 1.94. The quantitative estimate of drug-likeness (QED) is 0.489. The SMILES string of the molecule is Cc1cccc(-c2[nH]c(CC3(N)CC(N(C)C)=CC=C3F)nc2-c2ccc3ncnn3c2)n1. The van der Waals surface area contributed by atoms with Crippen LogP contribution in [0.2, 0.25) is 0 Å². The minimum absolute atomic E-state index is 0.213. The second kappa shape index (κ2) is 7.93. The Labute approximate surface area is 190 Å². The number of nitrogens with two attached hydrogens (primary N) is 1. The lowest BCUT2D eigenvalue weighted by molar-refractivity contribution is 0.342. The van der Waals surface area contributed by atoms with Crippen LogP contribution in [-0.4, -0.2) is 54.1 Å². The van der Waals surface area contributed by atoms with Crippen molar-refractivity contribution >= 4 is 5.65 Å². The van der Waals surface area contributed by atoms with E-state index in [-0.39, 0.29) is 12.2 Å². The highest BCUT2D eigenvalue weighted by atomic mass is 19.1. The molecule has 1 aliphatic carbocycles. The summed E-state index contributed by atoms with van der Waals surface area (Å²) in [5, 5.41) is 4.23. The Bertz CT molecular complexity index is 1400. The van der Waals surface area contributed by atoms with Crippen molar-refractivity contribution in [1.82, 2.24) is 34.4 Å². The summed E-state index contributed by atoms with van der Waals surface area (Å²) in [6, 6.07) is 9.63. The van der Waals surface area contributed by atoms with Crippen LogP contribution in [-0.2, 0) is 6.42 Å². The Hall–Kier alpha value is -3.85. The maximum absolute atomic E-state index is 14.9. The number of aryl methyl sites for hydroxylation is 1. The molecule has 0 fully saturated rings. The molecular weight excluding hydrogens is 419 g/mol. The van der Waals surface area contributed by atoms with E-state index < -0.39 is 5.54 Å². The molecule has 1 atom stereocenters. The highest BCUT2D eigenvalue weighted by Crippen LogP contribution is 2.34. The van der Waals surface area contributed by atoms with Crippen molar-refractivity contribution in [3.05, 3.63) is 78.1 Å². The molecule has 9 heteroatoms. The van der Waals surface area contributed by atoms with E-state index in [0.717, 1.165) is 34.0 Å². The highest BCUT2D eigenvalue weighted by molar-refractivity contribution is 5.77. The maximum Gasteiger partial charge on any atom is 0.155 e. The lowest BCUT2D eigenvalue weighted by Crippen LogP contribution is -2.46. The Morgan fingerprint density at radius 1 is 1.18 bits per heavy atom. The van der Waals surface area contributed by atoms with E-state index in [1.807, 2.05) is 62.4 Å². The molecule has 0 spiro atoms. The second-order valence-corrected chi connectivity index (χ2v) is 8.63. The summed E-state index contributed by atoms with van der Waals surface area (Å²) >= 11 is 0. The smallest absolute Gasteiger partial charge is 0.155 e. The molecule has 0 aromatic carbocycles. The van der Waals surface area contributed by atoms with Gasteiger partial charge in [0.15, 0.2) is 5.65 Å². The van der Waals surface area contributed by atoms with Gasteiger partial charge in [0.05, 0.1) is 22.6 Å². The van der Waals surface area contributed by atoms with E-state index in [2.05, 4.69) is 20.1 Å². The van der Waals surface area contributed by atoms with Crippen LogP contribution in [0.5, 0.6) is 0 Å². The van der Waals surface area contributed by atoms with Crippen molar-refractivity contribution in [3.8, 4) is 22.6 Å². The fourth-order valence-electron chi connectivity index (χ4n) is 4.09. The molecule has 33 heavy (non-hydrogen) atoms. The number of nitrogens with one attached hydrogen (secondary N) is 1. The molecule has 3 N–H and O–H groups in total. The fourth-order valence-corrected chi connectivity index (χ4v) is 4.09. The summed E-state index contributed by atoms with van der Waals surface area (Å²) in [6.07, 6.45) is 7.18. The molecule has 0 radical (unpaired) electrons. The van der Waals surface area contributed by atoms with Gasteiger partial charge in [-0.25, -0.2) is 18.9 Å². The van der Waals surface area contributed by atoms with Crippen LogP contribution in [0.4, 0.5) is 4.39 Å². The molecule has 1 unspecified atom stereocenters. The lowest BCUT2D eigenvalue weighted by atomic mass is 9.85. The number of hydrogen-bond donors (Lipinski definition) is 2. The lowest BCUT2D eigenvalue weighted by Gasteiger charge is -2.33. The molecule has 168 valence electrons. The van der Waals surface area contributed by atoms with Crippen molar-refractivity contribution < 1.29 is 4.39 Å². The molecule has 0 aliphatic heterocycles. The standard InChI is InChI=1S/C24H25FN8/c1-15-5-4-6-18(29-15)23-22(16-7-10-21-27-14-28-33(21)13-16)30-20(31-23)12-24(26)11-17(32(2)3)8-9-19(24)25/h4-10,13-14H,11-12,26H2,1-3H3,(H,30,31). The van der Waals surface area contributed by atoms with Crippen molar-refractivity contribution in [3.63, 3.8) is 0 Å². The zero-order chi connectivity index (χ0) is 23.2. The third-order valence-electron chi connectivity index (χ3n) is 5.90. The molecule has 0 saturated heterocycles. The van der Waals surface area contributed by atoms with Gasteiger partial charge in [0.2, 0.25) is 0 Å². The third-order valence-corrected chi connectivity index (χ3v) is 5.90. The number of H-pyrrole nitrogens is 1. The third kappa shape index (κ3) is 3.91. The molecule has 5 rings (SSSR count). The summed E-state index contributed by atoms with van der Waals surface area (Å²) in [4.78, 5) is 19.1. The molecule has 0 saturated carbocycles. The van der Waals surface area contributed by atoms with E-state index in [9.17, 15) is 4.39 Å². The number of hydrogen-bond acceptors (Lipinski definition) is 6. The van der Waals surface area contributed by atoms with E-state index in [1.165, 1.54) is 12.4 Å². The molecule has 4 heterocycles. The molecule has 4 aromatic rings. The van der Waals surface area contributed by atoms with Crippen molar-refractivity contribution in [1.29, 1.82) is 0 Å². The zero-order valence-corrected chi connectivity index (χ0v) is 18.7. The number of fused-ring (bicyclic) bond motifs is 1. The van der Waals surface area contributed by atoms with Gasteiger partial charge in [-0.15, -0.1) is 0 Å². The van der Waals surface area contributed by atoms with Gasteiger partial charge in [-0.05, 0) is 43.3 Å². The van der Waals surface area contributed by atoms with Crippen molar-refractivity contribution in [2.45, 2.75) is 25.3 Å². The highest BCUT2D eigenvalue weighted by Gasteiger charge is 2.36. The molecule has 1 aliphatic rings. The summed E-state index contributed by atoms with van der Waals surface area (Å²) in [5.41, 5.74) is 11.0. The first-order valence-corrected chi connectivity index (χ1v) is 10.7. The first-order valence-electron chi connectivity index (χ1n) is 10.7. The van der Waals surface area contributed by atoms with Crippen LogP contribution >= 0.6 is 0 Å². The van der Waals surface area contributed by atoms with Gasteiger partial charge in [0, 0.05) is 50.1 Å². The number of rotatable bonds is 5. The Morgan fingerprint density at radius 3 is 2.82 bits per heavy atom. The van der Waals surface area contributed by atoms with Crippen LogP contribution in [0.25, 0.3) is 28.3 Å². The Morgan fingerprint density at radius 2 is 2.03 bits per heavy atom. The number of allylic oxidation sites excluding steroid dienone is 2. The van der Waals surface area contributed by atoms with Crippen LogP contribution in [0.15, 0.2) is 66.5 Å². The summed E-state index contributed by atoms with van der Waals surface area (Å²) < 4.78 is 16.6. The van der Waals surface area contributed by atoms with Gasteiger partial charge in [0.1, 0.15) is 18.0 Å². The molecule has 8 nitrogen and oxygen atoms in total. The van der Waals surface area contributed by atoms with E-state index in [0.29, 0.717) is 17.9 Å². The Kier molecular flexibility index (Phi) is 5.05. The van der Waals surface area contributed by atoms with Gasteiger partial charge < -0.3 is 15.6 Å². The Balaban J connectivity index is 1.59. The minimum atomic E-state index is -1.18. The van der Waals surface area contributed by atoms with Gasteiger partial charge in [-0.3, -0.25) is 4.98 Å². The number of halogens is 1. The summed E-state index contributed by atoms with van der Waals surface area (Å²) in [5.74, 6) is 0.235. The number of nitrogens with zero attached hydrogens (tertiary/aromatic N) is 6. The fraction of sp³-hybridized carbons (Fsp3) is 0.250. The van der Waals surface area contributed by atoms with Crippen LogP contribution in [0, 0.1) is 6.92 Å². The second-order valence-electron chi connectivity index (χ2n) is 8.63. The largest absolute Gasteiger partial charge is 0.381 e. The van der Waals surface area contributed by atoms with E-state index in [4.69, 9.17) is 10.7 Å². The number of pyridine rings is 2. The molecule has 4 aromatic heterocycles. The minimum Gasteiger partial charge on any atom is -0.381 e. The predicted octanol–water partition coefficient (Wildman–Crippen LogP) is 3.43. The molecular formula is C24H25FN8. The van der Waals surface area contributed by atoms with Crippen LogP contribution in [0.1, 0.15) is 17.9 Å². The van der Waals surface area contributed by atoms with Gasteiger partial charge in [-0.2, -0.15) is 5.10 Å². The van der Waals surface area contributed by atoms with Crippen molar-refractivity contribution in [2.75, 3.05) is 14.1 Å². The first kappa shape index (κ1) is 21.0. The molecule has 0 amide bonds. The number of aromatic amines is 1. The first-order chi connectivity index (χ1) is 15.8. The van der Waals surface area contributed by atoms with Gasteiger partial charge in [-0.1, -0.05) is 6.07 Å². The average Bonchev–Trinajstić information content (AvgIpc) is 3.42. The van der Waals surface area contributed by atoms with E-state index in [1.54, 1.807) is 10.6 Å². The monoisotopic (exact) mass is 444 g/mol. The normalized spacial score (nSPS) is 18.3. The average molecular weight is 445 g/mol. The topological polar surface area (TPSA) is 101 Å². The zero-order valence-electron chi connectivity index (χ0n) is 18.7.